The fourth-order valence-electron chi connectivity index (χ4n) is 3.16. The van der Waals surface area contributed by atoms with Crippen LogP contribution in [0.15, 0.2) is 0 Å². The van der Waals surface area contributed by atoms with Gasteiger partial charge in [0.2, 0.25) is 5.91 Å². The monoisotopic (exact) mass is 366 g/mol. The number of hydrogen-bond donors (Lipinski definition) is 1. The summed E-state index contributed by atoms with van der Waals surface area (Å²) in [6.07, 6.45) is 3.28. The van der Waals surface area contributed by atoms with Gasteiger partial charge < -0.3 is 20.0 Å². The van der Waals surface area contributed by atoms with Gasteiger partial charge in [0.05, 0.1) is 12.2 Å². The Morgan fingerprint density at radius 3 is 2.44 bits per heavy atom. The number of hydrogen-bond acceptors (Lipinski definition) is 6. The minimum absolute atomic E-state index is 0.315. The quantitative estimate of drug-likeness (QED) is 0.780. The number of carbonyl (C=O) groups is 3. The van der Waals surface area contributed by atoms with Crippen molar-refractivity contribution >= 4 is 34.2 Å². The average molecular weight is 366 g/mol. The van der Waals surface area contributed by atoms with Crippen molar-refractivity contribution in [3.05, 3.63) is 16.0 Å². The first-order chi connectivity index (χ1) is 11.9. The van der Waals surface area contributed by atoms with Gasteiger partial charge in [-0.15, -0.1) is 11.3 Å². The number of carbonyl (C=O) groups excluding carboxylic acids is 3. The molecular weight excluding hydrogens is 342 g/mol. The van der Waals surface area contributed by atoms with Gasteiger partial charge in [-0.1, -0.05) is 19.8 Å². The van der Waals surface area contributed by atoms with Gasteiger partial charge in [0.1, 0.15) is 5.00 Å². The van der Waals surface area contributed by atoms with Crippen LogP contribution in [-0.2, 0) is 14.3 Å². The highest BCUT2D eigenvalue weighted by Gasteiger charge is 2.33. The van der Waals surface area contributed by atoms with Crippen LogP contribution in [0.2, 0.25) is 0 Å². The summed E-state index contributed by atoms with van der Waals surface area (Å²) in [5.41, 5.74) is 1.15. The smallest absolute Gasteiger partial charge is 0.341 e. The Hall–Kier alpha value is -1.89. The molecule has 1 N–H and O–H groups in total. The predicted octanol–water partition coefficient (Wildman–Crippen LogP) is 2.43. The number of carboxylic acid groups (broad SMARTS) is 1. The molecule has 1 saturated carbocycles. The fraction of sp³-hybridized carbons (Fsp3) is 0.611. The van der Waals surface area contributed by atoms with E-state index in [2.05, 4.69) is 5.32 Å². The Balaban J connectivity index is 2.21. The highest BCUT2D eigenvalue weighted by atomic mass is 32.1. The summed E-state index contributed by atoms with van der Waals surface area (Å²) in [6, 6.07) is 0. The molecule has 1 aromatic rings. The van der Waals surface area contributed by atoms with Crippen LogP contribution in [0.1, 0.15) is 59.8 Å². The van der Waals surface area contributed by atoms with Gasteiger partial charge in [0.25, 0.3) is 0 Å². The van der Waals surface area contributed by atoms with Crippen molar-refractivity contribution in [2.24, 2.45) is 11.8 Å². The van der Waals surface area contributed by atoms with E-state index in [-0.39, 0.29) is 5.91 Å². The number of aryl methyl sites for hydroxylation is 1. The largest absolute Gasteiger partial charge is 0.550 e. The van der Waals surface area contributed by atoms with Crippen LogP contribution < -0.4 is 10.4 Å². The lowest BCUT2D eigenvalue weighted by atomic mass is 9.79. The lowest BCUT2D eigenvalue weighted by Crippen LogP contribution is -2.42. The predicted molar refractivity (Wildman–Crippen MR) is 93.5 cm³/mol. The molecule has 1 heterocycles. The number of ether oxygens (including phenoxy) is 1. The normalized spacial score (nSPS) is 20.1. The number of thiophene rings is 1. The molecular formula is C18H24NO5S-. The van der Waals surface area contributed by atoms with E-state index in [1.165, 1.54) is 11.3 Å². The SMILES string of the molecule is CCCOC(=O)c1c(NC(=O)[C@@H]2CCCC[C@H]2C(=O)[O-])sc(C)c1C. The van der Waals surface area contributed by atoms with Crippen LogP contribution in [0, 0.1) is 25.7 Å². The lowest BCUT2D eigenvalue weighted by molar-refractivity contribution is -0.313. The maximum Gasteiger partial charge on any atom is 0.341 e. The van der Waals surface area contributed by atoms with E-state index in [1.807, 2.05) is 20.8 Å². The van der Waals surface area contributed by atoms with Crippen molar-refractivity contribution in [2.45, 2.75) is 52.9 Å². The molecule has 0 bridgehead atoms. The number of nitrogens with one attached hydrogen (secondary N) is 1. The first-order valence-electron chi connectivity index (χ1n) is 8.65. The summed E-state index contributed by atoms with van der Waals surface area (Å²) in [5, 5.41) is 14.5. The number of amides is 1. The van der Waals surface area contributed by atoms with Gasteiger partial charge in [-0.2, -0.15) is 0 Å². The van der Waals surface area contributed by atoms with Crippen LogP contribution in [0.5, 0.6) is 0 Å². The third-order valence-corrected chi connectivity index (χ3v) is 5.79. The van der Waals surface area contributed by atoms with E-state index < -0.39 is 23.8 Å². The number of rotatable bonds is 6. The highest BCUT2D eigenvalue weighted by Crippen LogP contribution is 2.35. The molecule has 0 spiro atoms. The molecule has 2 rings (SSSR count). The Kier molecular flexibility index (Phi) is 6.58. The molecule has 1 amide bonds. The third kappa shape index (κ3) is 4.39. The van der Waals surface area contributed by atoms with Crippen LogP contribution in [-0.4, -0.2) is 24.5 Å². The molecule has 1 fully saturated rings. The van der Waals surface area contributed by atoms with E-state index in [9.17, 15) is 19.5 Å². The molecule has 1 aliphatic rings. The third-order valence-electron chi connectivity index (χ3n) is 4.67. The van der Waals surface area contributed by atoms with E-state index >= 15 is 0 Å². The van der Waals surface area contributed by atoms with Crippen LogP contribution in [0.3, 0.4) is 0 Å². The lowest BCUT2D eigenvalue weighted by Gasteiger charge is -2.31. The minimum Gasteiger partial charge on any atom is -0.550 e. The van der Waals surface area contributed by atoms with Gasteiger partial charge >= 0.3 is 5.97 Å². The number of carboxylic acids is 1. The standard InChI is InChI=1S/C18H25NO5S/c1-4-9-24-18(23)14-10(2)11(3)25-16(14)19-15(20)12-7-5-6-8-13(12)17(21)22/h12-13H,4-9H2,1-3H3,(H,19,20)(H,21,22)/p-1/t12-,13-/m1/s1. The Bertz CT molecular complexity index is 667. The molecule has 1 aliphatic carbocycles. The Morgan fingerprint density at radius 2 is 1.84 bits per heavy atom. The summed E-state index contributed by atoms with van der Waals surface area (Å²) in [6.45, 7) is 5.91. The van der Waals surface area contributed by atoms with Crippen molar-refractivity contribution in [1.82, 2.24) is 0 Å². The molecule has 0 aromatic carbocycles. The molecule has 1 aromatic heterocycles. The second kappa shape index (κ2) is 8.47. The summed E-state index contributed by atoms with van der Waals surface area (Å²) in [4.78, 5) is 37.2. The molecule has 6 nitrogen and oxygen atoms in total. The summed E-state index contributed by atoms with van der Waals surface area (Å²) in [5.74, 6) is -3.40. The first kappa shape index (κ1) is 19.4. The summed E-state index contributed by atoms with van der Waals surface area (Å²) >= 11 is 1.31. The zero-order chi connectivity index (χ0) is 18.6. The van der Waals surface area contributed by atoms with Gasteiger partial charge in [-0.3, -0.25) is 4.79 Å². The number of esters is 1. The molecule has 7 heteroatoms. The maximum atomic E-state index is 12.6. The van der Waals surface area contributed by atoms with Gasteiger partial charge in [0.15, 0.2) is 0 Å². The number of anilines is 1. The minimum atomic E-state index is -1.18. The zero-order valence-electron chi connectivity index (χ0n) is 14.8. The van der Waals surface area contributed by atoms with Crippen molar-refractivity contribution in [1.29, 1.82) is 0 Å². The van der Waals surface area contributed by atoms with Gasteiger partial charge in [-0.05, 0) is 38.7 Å². The first-order valence-corrected chi connectivity index (χ1v) is 9.47. The topological polar surface area (TPSA) is 95.5 Å². The molecule has 25 heavy (non-hydrogen) atoms. The second-order valence-corrected chi connectivity index (χ2v) is 7.65. The fourth-order valence-corrected chi connectivity index (χ4v) is 4.21. The Labute approximate surface area is 151 Å². The van der Waals surface area contributed by atoms with E-state index in [0.29, 0.717) is 36.4 Å². The molecule has 0 aliphatic heterocycles. The summed E-state index contributed by atoms with van der Waals surface area (Å²) in [7, 11) is 0. The van der Waals surface area contributed by atoms with Gasteiger partial charge in [-0.25, -0.2) is 4.79 Å². The van der Waals surface area contributed by atoms with Crippen molar-refractivity contribution < 1.29 is 24.2 Å². The molecule has 0 saturated heterocycles. The van der Waals surface area contributed by atoms with Gasteiger partial charge in [0, 0.05) is 22.7 Å². The molecule has 0 unspecified atom stereocenters. The van der Waals surface area contributed by atoms with Crippen LogP contribution in [0.25, 0.3) is 0 Å². The Morgan fingerprint density at radius 1 is 1.20 bits per heavy atom. The van der Waals surface area contributed by atoms with Crippen LogP contribution >= 0.6 is 11.3 Å². The molecule has 0 radical (unpaired) electrons. The number of aliphatic carboxylic acids is 1. The highest BCUT2D eigenvalue weighted by molar-refractivity contribution is 7.16. The van der Waals surface area contributed by atoms with E-state index in [4.69, 9.17) is 4.74 Å². The van der Waals surface area contributed by atoms with E-state index in [1.54, 1.807) is 0 Å². The molecule has 138 valence electrons. The zero-order valence-corrected chi connectivity index (χ0v) is 15.7. The summed E-state index contributed by atoms with van der Waals surface area (Å²) < 4.78 is 5.21. The van der Waals surface area contributed by atoms with E-state index in [0.717, 1.165) is 23.3 Å². The average Bonchev–Trinajstić information content (AvgIpc) is 2.86. The molecule has 2 atom stereocenters. The van der Waals surface area contributed by atoms with Crippen molar-refractivity contribution in [2.75, 3.05) is 11.9 Å². The maximum absolute atomic E-state index is 12.6. The van der Waals surface area contributed by atoms with Crippen LogP contribution in [0.4, 0.5) is 5.00 Å². The van der Waals surface area contributed by atoms with Crippen molar-refractivity contribution in [3.8, 4) is 0 Å². The van der Waals surface area contributed by atoms with Crippen molar-refractivity contribution in [3.63, 3.8) is 0 Å². The second-order valence-electron chi connectivity index (χ2n) is 6.43.